The Morgan fingerprint density at radius 2 is 1.94 bits per heavy atom. The number of esters is 1. The highest BCUT2D eigenvalue weighted by atomic mass is 16.5. The van der Waals surface area contributed by atoms with Crippen LogP contribution in [0.25, 0.3) is 0 Å². The minimum Gasteiger partial charge on any atom is -0.368 e. The Labute approximate surface area is 99.1 Å². The smallest absolute Gasteiger partial charge is 0.353 e. The first kappa shape index (κ1) is 10.9. The van der Waals surface area contributed by atoms with Gasteiger partial charge in [-0.2, -0.15) is 0 Å². The fourth-order valence-electron chi connectivity index (χ4n) is 1.19. The van der Waals surface area contributed by atoms with Gasteiger partial charge in [-0.15, -0.1) is 0 Å². The molecule has 1 heterocycles. The average molecular weight is 223 g/mol. The molecule has 2 rings (SSSR count). The SMILES string of the molecule is O=C(OC#Cc1ccccc1)c1cccnc1. The van der Waals surface area contributed by atoms with Gasteiger partial charge in [-0.1, -0.05) is 18.2 Å². The highest BCUT2D eigenvalue weighted by Crippen LogP contribution is 1.99. The van der Waals surface area contributed by atoms with E-state index >= 15 is 0 Å². The van der Waals surface area contributed by atoms with Crippen LogP contribution in [0, 0.1) is 12.0 Å². The van der Waals surface area contributed by atoms with E-state index in [2.05, 4.69) is 17.0 Å². The zero-order chi connectivity index (χ0) is 11.9. The molecule has 0 spiro atoms. The lowest BCUT2D eigenvalue weighted by Crippen LogP contribution is -2.00. The van der Waals surface area contributed by atoms with Crippen molar-refractivity contribution < 1.29 is 9.53 Å². The Hall–Kier alpha value is -2.60. The zero-order valence-electron chi connectivity index (χ0n) is 8.96. The van der Waals surface area contributed by atoms with E-state index < -0.39 is 5.97 Å². The number of ether oxygens (including phenoxy) is 1. The molecule has 0 fully saturated rings. The van der Waals surface area contributed by atoms with Gasteiger partial charge in [0.1, 0.15) is 6.11 Å². The van der Waals surface area contributed by atoms with Crippen LogP contribution in [0.2, 0.25) is 0 Å². The van der Waals surface area contributed by atoms with Gasteiger partial charge in [0.15, 0.2) is 0 Å². The van der Waals surface area contributed by atoms with Crippen molar-refractivity contribution in [2.45, 2.75) is 0 Å². The molecule has 0 aliphatic rings. The van der Waals surface area contributed by atoms with Gasteiger partial charge in [-0.05, 0) is 30.2 Å². The maximum atomic E-state index is 11.5. The number of nitrogens with zero attached hydrogens (tertiary/aromatic N) is 1. The predicted molar refractivity (Wildman–Crippen MR) is 63.0 cm³/mol. The van der Waals surface area contributed by atoms with Gasteiger partial charge in [0, 0.05) is 18.0 Å². The Morgan fingerprint density at radius 1 is 1.12 bits per heavy atom. The van der Waals surface area contributed by atoms with E-state index in [1.165, 1.54) is 6.20 Å². The molecule has 1 aromatic heterocycles. The standard InChI is InChI=1S/C14H9NO2/c16-14(13-7-4-9-15-11-13)17-10-8-12-5-2-1-3-6-12/h1-7,9,11H. The van der Waals surface area contributed by atoms with Gasteiger partial charge in [-0.3, -0.25) is 4.98 Å². The zero-order valence-corrected chi connectivity index (χ0v) is 8.96. The molecular formula is C14H9NO2. The summed E-state index contributed by atoms with van der Waals surface area (Å²) < 4.78 is 4.79. The van der Waals surface area contributed by atoms with Gasteiger partial charge in [-0.25, -0.2) is 4.79 Å². The molecule has 0 saturated carbocycles. The quantitative estimate of drug-likeness (QED) is 0.549. The second-order valence-corrected chi connectivity index (χ2v) is 3.22. The van der Waals surface area contributed by atoms with Crippen LogP contribution in [0.3, 0.4) is 0 Å². The fourth-order valence-corrected chi connectivity index (χ4v) is 1.19. The molecule has 3 heteroatoms. The molecule has 0 N–H and O–H groups in total. The molecule has 1 aromatic carbocycles. The first-order valence-electron chi connectivity index (χ1n) is 5.03. The third-order valence-electron chi connectivity index (χ3n) is 2.01. The van der Waals surface area contributed by atoms with Crippen LogP contribution in [-0.2, 0) is 4.74 Å². The van der Waals surface area contributed by atoms with Crippen LogP contribution in [0.1, 0.15) is 15.9 Å². The van der Waals surface area contributed by atoms with Crippen molar-refractivity contribution >= 4 is 5.97 Å². The van der Waals surface area contributed by atoms with Crippen LogP contribution in [0.5, 0.6) is 0 Å². The maximum absolute atomic E-state index is 11.5. The number of pyridine rings is 1. The van der Waals surface area contributed by atoms with Crippen molar-refractivity contribution in [2.75, 3.05) is 0 Å². The molecule has 0 unspecified atom stereocenters. The van der Waals surface area contributed by atoms with E-state index in [9.17, 15) is 4.79 Å². The molecule has 0 radical (unpaired) electrons. The number of carbonyl (C=O) groups is 1. The number of hydrogen-bond acceptors (Lipinski definition) is 3. The summed E-state index contributed by atoms with van der Waals surface area (Å²) in [5, 5.41) is 0. The van der Waals surface area contributed by atoms with Gasteiger partial charge in [0.25, 0.3) is 0 Å². The van der Waals surface area contributed by atoms with E-state index in [1.54, 1.807) is 18.3 Å². The summed E-state index contributed by atoms with van der Waals surface area (Å²) >= 11 is 0. The molecule has 17 heavy (non-hydrogen) atoms. The van der Waals surface area contributed by atoms with E-state index in [0.717, 1.165) is 5.56 Å². The number of benzene rings is 1. The van der Waals surface area contributed by atoms with Crippen molar-refractivity contribution in [3.05, 3.63) is 66.0 Å². The van der Waals surface area contributed by atoms with Crippen molar-refractivity contribution in [1.82, 2.24) is 4.98 Å². The molecule has 82 valence electrons. The Morgan fingerprint density at radius 3 is 2.65 bits per heavy atom. The van der Waals surface area contributed by atoms with Gasteiger partial charge < -0.3 is 4.74 Å². The van der Waals surface area contributed by atoms with E-state index in [4.69, 9.17) is 4.74 Å². The summed E-state index contributed by atoms with van der Waals surface area (Å²) in [7, 11) is 0. The molecular weight excluding hydrogens is 214 g/mol. The summed E-state index contributed by atoms with van der Waals surface area (Å²) in [5.41, 5.74) is 1.18. The minimum atomic E-state index is -0.499. The van der Waals surface area contributed by atoms with Crippen LogP contribution in [0.15, 0.2) is 54.9 Å². The van der Waals surface area contributed by atoms with Crippen molar-refractivity contribution in [1.29, 1.82) is 0 Å². The summed E-state index contributed by atoms with van der Waals surface area (Å²) in [4.78, 5) is 15.3. The van der Waals surface area contributed by atoms with Crippen molar-refractivity contribution in [3.63, 3.8) is 0 Å². The predicted octanol–water partition coefficient (Wildman–Crippen LogP) is 2.25. The highest BCUT2D eigenvalue weighted by Gasteiger charge is 2.04. The maximum Gasteiger partial charge on any atom is 0.353 e. The summed E-state index contributed by atoms with van der Waals surface area (Å²) in [6, 6.07) is 12.6. The lowest BCUT2D eigenvalue weighted by molar-refractivity contribution is 0.0690. The molecule has 0 atom stereocenters. The monoisotopic (exact) mass is 223 g/mol. The topological polar surface area (TPSA) is 39.2 Å². The van der Waals surface area contributed by atoms with Gasteiger partial charge in [0.05, 0.1) is 5.56 Å². The molecule has 0 aliphatic heterocycles. The molecule has 3 nitrogen and oxygen atoms in total. The second-order valence-electron chi connectivity index (χ2n) is 3.22. The molecule has 0 aliphatic carbocycles. The summed E-state index contributed by atoms with van der Waals surface area (Å²) in [5.74, 6) is 2.23. The lowest BCUT2D eigenvalue weighted by Gasteiger charge is -1.94. The number of aromatic nitrogens is 1. The second kappa shape index (κ2) is 5.47. The number of rotatable bonds is 1. The highest BCUT2D eigenvalue weighted by molar-refractivity contribution is 5.89. The first-order valence-corrected chi connectivity index (χ1v) is 5.03. The molecule has 0 saturated heterocycles. The Kier molecular flexibility index (Phi) is 3.51. The fraction of sp³-hybridized carbons (Fsp3) is 0. The van der Waals surface area contributed by atoms with Crippen molar-refractivity contribution in [3.8, 4) is 12.0 Å². The Balaban J connectivity index is 2.00. The molecule has 2 aromatic rings. The third kappa shape index (κ3) is 3.18. The minimum absolute atomic E-state index is 0.384. The van der Waals surface area contributed by atoms with Crippen molar-refractivity contribution in [2.24, 2.45) is 0 Å². The summed E-state index contributed by atoms with van der Waals surface area (Å²) in [6.07, 6.45) is 5.40. The first-order chi connectivity index (χ1) is 8.36. The van der Waals surface area contributed by atoms with E-state index in [1.807, 2.05) is 30.3 Å². The third-order valence-corrected chi connectivity index (χ3v) is 2.01. The van der Waals surface area contributed by atoms with Crippen LogP contribution < -0.4 is 0 Å². The normalized spacial score (nSPS) is 8.94. The van der Waals surface area contributed by atoms with E-state index in [0.29, 0.717) is 5.56 Å². The number of hydrogen-bond donors (Lipinski definition) is 0. The molecule has 0 bridgehead atoms. The van der Waals surface area contributed by atoms with Crippen LogP contribution >= 0.6 is 0 Å². The molecule has 0 amide bonds. The largest absolute Gasteiger partial charge is 0.368 e. The number of carbonyl (C=O) groups excluding carboxylic acids is 1. The average Bonchev–Trinajstić information content (AvgIpc) is 2.41. The van der Waals surface area contributed by atoms with Crippen LogP contribution in [-0.4, -0.2) is 11.0 Å². The Bertz CT molecular complexity index is 553. The van der Waals surface area contributed by atoms with E-state index in [-0.39, 0.29) is 0 Å². The summed E-state index contributed by atoms with van der Waals surface area (Å²) in [6.45, 7) is 0. The van der Waals surface area contributed by atoms with Gasteiger partial charge in [0.2, 0.25) is 0 Å². The lowest BCUT2D eigenvalue weighted by atomic mass is 10.2. The van der Waals surface area contributed by atoms with Gasteiger partial charge >= 0.3 is 5.97 Å². The van der Waals surface area contributed by atoms with Crippen LogP contribution in [0.4, 0.5) is 0 Å².